The predicted octanol–water partition coefficient (Wildman–Crippen LogP) is 1.52. The Labute approximate surface area is 185 Å². The molecule has 1 amide bonds. The lowest BCUT2D eigenvalue weighted by molar-refractivity contribution is 0.0769. The number of thiophene rings is 1. The molecule has 1 fully saturated rings. The molecule has 2 heterocycles. The second kappa shape index (κ2) is 9.74. The van der Waals surface area contributed by atoms with E-state index in [0.29, 0.717) is 24.3 Å². The number of halogens is 1. The third-order valence-corrected chi connectivity index (χ3v) is 8.58. The maximum Gasteiger partial charge on any atom is 0.263 e. The average Bonchev–Trinajstić information content (AvgIpc) is 3.01. The van der Waals surface area contributed by atoms with E-state index in [2.05, 4.69) is 4.72 Å². The molecule has 0 bridgehead atoms. The molecule has 1 saturated heterocycles. The lowest BCUT2D eigenvalue weighted by atomic mass is 10.3. The summed E-state index contributed by atoms with van der Waals surface area (Å²) in [4.78, 5) is 16.0. The molecular formula is C19H24FN3O5S3. The first-order valence-corrected chi connectivity index (χ1v) is 13.8. The Morgan fingerprint density at radius 3 is 2.42 bits per heavy atom. The van der Waals surface area contributed by atoms with Gasteiger partial charge in [0, 0.05) is 37.6 Å². The first-order valence-electron chi connectivity index (χ1n) is 9.64. The fourth-order valence-corrected chi connectivity index (χ4v) is 6.15. The highest BCUT2D eigenvalue weighted by atomic mass is 32.2. The molecule has 2 aromatic rings. The van der Waals surface area contributed by atoms with E-state index in [9.17, 15) is 26.0 Å². The van der Waals surface area contributed by atoms with Gasteiger partial charge in [-0.25, -0.2) is 25.9 Å². The van der Waals surface area contributed by atoms with Crippen LogP contribution in [-0.2, 0) is 26.5 Å². The number of amides is 1. The summed E-state index contributed by atoms with van der Waals surface area (Å²) in [7, 11) is -7.02. The summed E-state index contributed by atoms with van der Waals surface area (Å²) in [5.74, 6) is -0.678. The Hall–Kier alpha value is -1.86. The summed E-state index contributed by atoms with van der Waals surface area (Å²) in [6, 6.07) is 8.21. The number of rotatable bonds is 7. The van der Waals surface area contributed by atoms with Gasteiger partial charge >= 0.3 is 0 Å². The van der Waals surface area contributed by atoms with Gasteiger partial charge in [-0.1, -0.05) is 0 Å². The van der Waals surface area contributed by atoms with Crippen molar-refractivity contribution in [3.63, 3.8) is 0 Å². The van der Waals surface area contributed by atoms with Crippen LogP contribution in [0, 0.1) is 5.82 Å². The summed E-state index contributed by atoms with van der Waals surface area (Å²) in [5.41, 5.74) is 0. The highest BCUT2D eigenvalue weighted by Gasteiger charge is 2.29. The van der Waals surface area contributed by atoms with Gasteiger partial charge in [0.05, 0.1) is 16.0 Å². The minimum absolute atomic E-state index is 0.0271. The van der Waals surface area contributed by atoms with E-state index in [0.717, 1.165) is 23.3 Å². The van der Waals surface area contributed by atoms with E-state index in [4.69, 9.17) is 0 Å². The van der Waals surface area contributed by atoms with Crippen molar-refractivity contribution in [2.24, 2.45) is 0 Å². The highest BCUT2D eigenvalue weighted by molar-refractivity contribution is 7.89. The minimum atomic E-state index is -3.76. The normalized spacial score (nSPS) is 16.3. The molecule has 170 valence electrons. The number of sulfonamides is 2. The van der Waals surface area contributed by atoms with Crippen LogP contribution in [0.4, 0.5) is 4.39 Å². The summed E-state index contributed by atoms with van der Waals surface area (Å²) < 4.78 is 64.8. The van der Waals surface area contributed by atoms with Gasteiger partial charge < -0.3 is 4.90 Å². The van der Waals surface area contributed by atoms with Gasteiger partial charge in [-0.05, 0) is 49.2 Å². The molecule has 1 aromatic carbocycles. The second-order valence-electron chi connectivity index (χ2n) is 7.19. The molecule has 0 saturated carbocycles. The van der Waals surface area contributed by atoms with Gasteiger partial charge in [-0.15, -0.1) is 11.3 Å². The van der Waals surface area contributed by atoms with E-state index in [1.165, 1.54) is 27.8 Å². The van der Waals surface area contributed by atoms with Crippen molar-refractivity contribution < 1.29 is 26.0 Å². The zero-order valence-corrected chi connectivity index (χ0v) is 19.4. The van der Waals surface area contributed by atoms with Crippen LogP contribution in [0.1, 0.15) is 21.0 Å². The van der Waals surface area contributed by atoms with Crippen LogP contribution in [0.25, 0.3) is 0 Å². The molecule has 0 unspecified atom stereocenters. The van der Waals surface area contributed by atoms with E-state index in [1.807, 2.05) is 0 Å². The fraction of sp³-hybridized carbons (Fsp3) is 0.421. The molecule has 12 heteroatoms. The molecule has 3 rings (SSSR count). The van der Waals surface area contributed by atoms with Gasteiger partial charge in [0.1, 0.15) is 5.82 Å². The smallest absolute Gasteiger partial charge is 0.263 e. The Morgan fingerprint density at radius 1 is 1.03 bits per heavy atom. The number of nitrogens with zero attached hydrogens (tertiary/aromatic N) is 2. The standard InChI is InChI=1S/C19H24FN3O5S3/c1-30(25,26)21-10-9-16-5-8-18(29-16)19(24)22-11-2-12-23(14-13-22)31(27,28)17-6-3-15(20)4-7-17/h3-8,21H,2,9-14H2,1H3. The zero-order chi connectivity index (χ0) is 22.6. The van der Waals surface area contributed by atoms with E-state index < -0.39 is 25.9 Å². The molecule has 31 heavy (non-hydrogen) atoms. The molecule has 1 aliphatic rings. The maximum absolute atomic E-state index is 13.1. The van der Waals surface area contributed by atoms with Crippen molar-refractivity contribution in [1.82, 2.24) is 13.9 Å². The minimum Gasteiger partial charge on any atom is -0.337 e. The summed E-state index contributed by atoms with van der Waals surface area (Å²) in [6.45, 7) is 1.37. The predicted molar refractivity (Wildman–Crippen MR) is 117 cm³/mol. The second-order valence-corrected chi connectivity index (χ2v) is 12.1. The quantitative estimate of drug-likeness (QED) is 0.635. The van der Waals surface area contributed by atoms with Gasteiger partial charge in [0.15, 0.2) is 0 Å². The number of carbonyl (C=O) groups is 1. The maximum atomic E-state index is 13.1. The van der Waals surface area contributed by atoms with Crippen molar-refractivity contribution in [2.45, 2.75) is 17.7 Å². The highest BCUT2D eigenvalue weighted by Crippen LogP contribution is 2.22. The van der Waals surface area contributed by atoms with Crippen LogP contribution in [0.2, 0.25) is 0 Å². The van der Waals surface area contributed by atoms with E-state index in [-0.39, 0.29) is 37.0 Å². The van der Waals surface area contributed by atoms with Crippen LogP contribution in [-0.4, -0.2) is 70.9 Å². The monoisotopic (exact) mass is 489 g/mol. The number of benzene rings is 1. The molecule has 1 aliphatic heterocycles. The van der Waals surface area contributed by atoms with Gasteiger partial charge in [-0.2, -0.15) is 4.31 Å². The lowest BCUT2D eigenvalue weighted by Gasteiger charge is -2.21. The van der Waals surface area contributed by atoms with Gasteiger partial charge in [-0.3, -0.25) is 4.79 Å². The SMILES string of the molecule is CS(=O)(=O)NCCc1ccc(C(=O)N2CCCN(S(=O)(=O)c3ccc(F)cc3)CC2)s1. The molecule has 0 aliphatic carbocycles. The summed E-state index contributed by atoms with van der Waals surface area (Å²) in [5, 5.41) is 0. The molecule has 8 nitrogen and oxygen atoms in total. The molecular weight excluding hydrogens is 465 g/mol. The van der Waals surface area contributed by atoms with E-state index >= 15 is 0 Å². The molecule has 0 radical (unpaired) electrons. The Kier molecular flexibility index (Phi) is 7.47. The van der Waals surface area contributed by atoms with Crippen LogP contribution < -0.4 is 4.72 Å². The summed E-state index contributed by atoms with van der Waals surface area (Å²) >= 11 is 1.30. The van der Waals surface area contributed by atoms with Crippen molar-refractivity contribution >= 4 is 37.3 Å². The number of carbonyl (C=O) groups excluding carboxylic acids is 1. The van der Waals surface area contributed by atoms with Crippen molar-refractivity contribution in [3.8, 4) is 0 Å². The van der Waals surface area contributed by atoms with Gasteiger partial charge in [0.2, 0.25) is 20.0 Å². The fourth-order valence-electron chi connectivity index (χ4n) is 3.24. The average molecular weight is 490 g/mol. The van der Waals surface area contributed by atoms with Crippen molar-refractivity contribution in [3.05, 3.63) is 52.0 Å². The number of nitrogens with one attached hydrogen (secondary N) is 1. The van der Waals surface area contributed by atoms with E-state index in [1.54, 1.807) is 17.0 Å². The Morgan fingerprint density at radius 2 is 1.74 bits per heavy atom. The van der Waals surface area contributed by atoms with Crippen molar-refractivity contribution in [1.29, 1.82) is 0 Å². The molecule has 1 aromatic heterocycles. The van der Waals surface area contributed by atoms with Crippen LogP contribution >= 0.6 is 11.3 Å². The third-order valence-electron chi connectivity index (χ3n) is 4.80. The first-order chi connectivity index (χ1) is 14.6. The Balaban J connectivity index is 1.61. The summed E-state index contributed by atoms with van der Waals surface area (Å²) in [6.07, 6.45) is 2.06. The largest absolute Gasteiger partial charge is 0.337 e. The third kappa shape index (κ3) is 6.32. The first kappa shape index (κ1) is 23.8. The zero-order valence-electron chi connectivity index (χ0n) is 17.0. The van der Waals surface area contributed by atoms with Crippen LogP contribution in [0.15, 0.2) is 41.3 Å². The molecule has 1 N–H and O–H groups in total. The van der Waals surface area contributed by atoms with Crippen LogP contribution in [0.5, 0.6) is 0 Å². The van der Waals surface area contributed by atoms with Gasteiger partial charge in [0.25, 0.3) is 5.91 Å². The topological polar surface area (TPSA) is 104 Å². The number of hydrogen-bond acceptors (Lipinski definition) is 6. The van der Waals surface area contributed by atoms with Crippen LogP contribution in [0.3, 0.4) is 0 Å². The van der Waals surface area contributed by atoms with Crippen molar-refractivity contribution in [2.75, 3.05) is 39.0 Å². The molecule has 0 atom stereocenters. The lowest BCUT2D eigenvalue weighted by Crippen LogP contribution is -2.37. The molecule has 0 spiro atoms. The Bertz CT molecular complexity index is 1130. The number of hydrogen-bond donors (Lipinski definition) is 1.